The van der Waals surface area contributed by atoms with Crippen LogP contribution in [0.1, 0.15) is 48.1 Å². The van der Waals surface area contributed by atoms with E-state index >= 15 is 0 Å². The van der Waals surface area contributed by atoms with Gasteiger partial charge in [0, 0.05) is 35.8 Å². The number of carbonyl (C=O) groups is 1. The van der Waals surface area contributed by atoms with E-state index in [9.17, 15) is 19.7 Å². The molecule has 0 aliphatic carbocycles. The first-order chi connectivity index (χ1) is 14.6. The summed E-state index contributed by atoms with van der Waals surface area (Å²) in [7, 11) is 1.60. The van der Waals surface area contributed by atoms with Gasteiger partial charge in [-0.25, -0.2) is 4.98 Å². The topological polar surface area (TPSA) is 98.3 Å². The Bertz CT molecular complexity index is 1240. The van der Waals surface area contributed by atoms with E-state index in [1.54, 1.807) is 56.1 Å². The molecule has 1 unspecified atom stereocenters. The zero-order valence-electron chi connectivity index (χ0n) is 17.8. The van der Waals surface area contributed by atoms with E-state index in [0.717, 1.165) is 0 Å². The van der Waals surface area contributed by atoms with Crippen molar-refractivity contribution in [2.75, 3.05) is 6.54 Å². The molecule has 2 aromatic carbocycles. The van der Waals surface area contributed by atoms with E-state index in [0.29, 0.717) is 40.3 Å². The third-order valence-electron chi connectivity index (χ3n) is 5.29. The number of aromatic nitrogens is 2. The maximum Gasteiger partial charge on any atom is 0.273 e. The first kappa shape index (κ1) is 22.4. The normalized spacial score (nSPS) is 12.0. The molecule has 162 valence electrons. The molecule has 0 radical (unpaired) electrons. The average Bonchev–Trinajstić information content (AvgIpc) is 2.74. The molecule has 0 N–H and O–H groups in total. The molecule has 3 rings (SSSR count). The van der Waals surface area contributed by atoms with Crippen LogP contribution in [0.5, 0.6) is 0 Å². The second-order valence-corrected chi connectivity index (χ2v) is 7.86. The second-order valence-electron chi connectivity index (χ2n) is 7.43. The number of carbonyl (C=O) groups excluding carboxylic acids is 1. The number of hydrogen-bond donors (Lipinski definition) is 0. The highest BCUT2D eigenvalue weighted by Crippen LogP contribution is 2.25. The fourth-order valence-electron chi connectivity index (χ4n) is 3.59. The van der Waals surface area contributed by atoms with Gasteiger partial charge in [-0.1, -0.05) is 24.6 Å². The van der Waals surface area contributed by atoms with E-state index < -0.39 is 11.0 Å². The highest BCUT2D eigenvalue weighted by atomic mass is 35.5. The number of aryl methyl sites for hydroxylation is 1. The summed E-state index contributed by atoms with van der Waals surface area (Å²) in [5.74, 6) is 0.0612. The van der Waals surface area contributed by atoms with Crippen LogP contribution in [0.4, 0.5) is 5.69 Å². The molecule has 3 aromatic rings. The number of nitro benzene ring substituents is 1. The summed E-state index contributed by atoms with van der Waals surface area (Å²) in [5, 5.41) is 12.1. The number of fused-ring (bicyclic) bond motifs is 1. The third kappa shape index (κ3) is 4.29. The fourth-order valence-corrected chi connectivity index (χ4v) is 3.76. The van der Waals surface area contributed by atoms with Gasteiger partial charge in [0.15, 0.2) is 0 Å². The lowest BCUT2D eigenvalue weighted by Crippen LogP contribution is -2.37. The number of nitrogens with zero attached hydrogens (tertiary/aromatic N) is 4. The standard InChI is InChI=1S/C22H23ClN4O4/c1-5-10-26(21(28)15-7-6-13(2)19(11-15)27(30)31)14(3)20-24-18-9-8-16(23)12-17(18)22(29)25(20)4/h6-9,11-12,14H,5,10H2,1-4H3. The minimum absolute atomic E-state index is 0.108. The predicted octanol–water partition coefficient (Wildman–Crippen LogP) is 4.42. The zero-order chi connectivity index (χ0) is 22.9. The largest absolute Gasteiger partial charge is 0.329 e. The number of benzene rings is 2. The summed E-state index contributed by atoms with van der Waals surface area (Å²) in [6.07, 6.45) is 0.668. The highest BCUT2D eigenvalue weighted by Gasteiger charge is 2.27. The molecule has 0 bridgehead atoms. The molecule has 1 amide bonds. The monoisotopic (exact) mass is 442 g/mol. The summed E-state index contributed by atoms with van der Waals surface area (Å²) in [6.45, 7) is 5.75. The summed E-state index contributed by atoms with van der Waals surface area (Å²) in [5.41, 5.74) is 0.820. The Morgan fingerprint density at radius 3 is 2.65 bits per heavy atom. The number of nitro groups is 1. The van der Waals surface area contributed by atoms with Crippen LogP contribution in [0.15, 0.2) is 41.2 Å². The predicted molar refractivity (Wildman–Crippen MR) is 120 cm³/mol. The van der Waals surface area contributed by atoms with Crippen molar-refractivity contribution < 1.29 is 9.72 Å². The van der Waals surface area contributed by atoms with Gasteiger partial charge in [-0.05, 0) is 44.5 Å². The quantitative estimate of drug-likeness (QED) is 0.415. The Morgan fingerprint density at radius 2 is 2.00 bits per heavy atom. The lowest BCUT2D eigenvalue weighted by Gasteiger charge is -2.30. The maximum atomic E-state index is 13.3. The first-order valence-electron chi connectivity index (χ1n) is 9.87. The molecule has 31 heavy (non-hydrogen) atoms. The molecule has 8 nitrogen and oxygen atoms in total. The van der Waals surface area contributed by atoms with E-state index in [1.165, 1.54) is 10.6 Å². The number of rotatable bonds is 6. The fraction of sp³-hybridized carbons (Fsp3) is 0.318. The first-order valence-corrected chi connectivity index (χ1v) is 10.3. The van der Waals surface area contributed by atoms with Crippen LogP contribution in [0.25, 0.3) is 10.9 Å². The molecule has 0 saturated heterocycles. The minimum atomic E-state index is -0.536. The molecular weight excluding hydrogens is 420 g/mol. The number of halogens is 1. The molecule has 0 spiro atoms. The molecule has 1 atom stereocenters. The lowest BCUT2D eigenvalue weighted by molar-refractivity contribution is -0.385. The molecule has 9 heteroatoms. The highest BCUT2D eigenvalue weighted by molar-refractivity contribution is 6.31. The Morgan fingerprint density at radius 1 is 1.29 bits per heavy atom. The second kappa shape index (κ2) is 8.85. The smallest absolute Gasteiger partial charge is 0.273 e. The van der Waals surface area contributed by atoms with Crippen LogP contribution in [0.3, 0.4) is 0 Å². The molecular formula is C22H23ClN4O4. The number of amides is 1. The number of hydrogen-bond acceptors (Lipinski definition) is 5. The maximum absolute atomic E-state index is 13.3. The van der Waals surface area contributed by atoms with Gasteiger partial charge in [0.1, 0.15) is 5.82 Å². The summed E-state index contributed by atoms with van der Waals surface area (Å²) >= 11 is 6.02. The van der Waals surface area contributed by atoms with Crippen molar-refractivity contribution in [1.82, 2.24) is 14.5 Å². The lowest BCUT2D eigenvalue weighted by atomic mass is 10.1. The molecule has 0 aliphatic rings. The molecule has 0 fully saturated rings. The van der Waals surface area contributed by atoms with Crippen molar-refractivity contribution in [3.05, 3.63) is 78.8 Å². The van der Waals surface area contributed by atoms with Crippen molar-refractivity contribution >= 4 is 34.1 Å². The van der Waals surface area contributed by atoms with Gasteiger partial charge in [0.05, 0.1) is 21.9 Å². The Kier molecular flexibility index (Phi) is 6.40. The summed E-state index contributed by atoms with van der Waals surface area (Å²) in [6, 6.07) is 8.80. The Balaban J connectivity index is 2.08. The van der Waals surface area contributed by atoms with Crippen molar-refractivity contribution in [2.45, 2.75) is 33.2 Å². The SMILES string of the molecule is CCCN(C(=O)c1ccc(C)c([N+](=O)[O-])c1)C(C)c1nc2ccc(Cl)cc2c(=O)n1C. The van der Waals surface area contributed by atoms with Crippen LogP contribution in [0, 0.1) is 17.0 Å². The van der Waals surface area contributed by atoms with Crippen LogP contribution in [0.2, 0.25) is 5.02 Å². The van der Waals surface area contributed by atoms with Gasteiger partial charge < -0.3 is 4.90 Å². The van der Waals surface area contributed by atoms with E-state index in [1.807, 2.05) is 6.92 Å². The van der Waals surface area contributed by atoms with Gasteiger partial charge in [0.2, 0.25) is 0 Å². The van der Waals surface area contributed by atoms with Gasteiger partial charge in [-0.3, -0.25) is 24.3 Å². The van der Waals surface area contributed by atoms with Gasteiger partial charge in [0.25, 0.3) is 17.2 Å². The van der Waals surface area contributed by atoms with Crippen molar-refractivity contribution in [1.29, 1.82) is 0 Å². The molecule has 1 aromatic heterocycles. The Hall–Kier alpha value is -3.26. The van der Waals surface area contributed by atoms with Gasteiger partial charge >= 0.3 is 0 Å². The van der Waals surface area contributed by atoms with Crippen molar-refractivity contribution in [2.24, 2.45) is 7.05 Å². The van der Waals surface area contributed by atoms with E-state index in [2.05, 4.69) is 4.98 Å². The van der Waals surface area contributed by atoms with Crippen molar-refractivity contribution in [3.8, 4) is 0 Å². The zero-order valence-corrected chi connectivity index (χ0v) is 18.5. The van der Waals surface area contributed by atoms with E-state index in [-0.39, 0.29) is 22.7 Å². The molecule has 0 saturated carbocycles. The third-order valence-corrected chi connectivity index (χ3v) is 5.53. The van der Waals surface area contributed by atoms with Crippen LogP contribution in [-0.2, 0) is 7.05 Å². The summed E-state index contributed by atoms with van der Waals surface area (Å²) < 4.78 is 1.41. The van der Waals surface area contributed by atoms with E-state index in [4.69, 9.17) is 11.6 Å². The van der Waals surface area contributed by atoms with Gasteiger partial charge in [-0.2, -0.15) is 0 Å². The van der Waals surface area contributed by atoms with Gasteiger partial charge in [-0.15, -0.1) is 0 Å². The van der Waals surface area contributed by atoms with Crippen molar-refractivity contribution in [3.63, 3.8) is 0 Å². The van der Waals surface area contributed by atoms with Crippen LogP contribution < -0.4 is 5.56 Å². The molecule has 0 aliphatic heterocycles. The summed E-state index contributed by atoms with van der Waals surface area (Å²) in [4.78, 5) is 43.2. The van der Waals surface area contributed by atoms with Crippen LogP contribution >= 0.6 is 11.6 Å². The Labute approximate surface area is 184 Å². The van der Waals surface area contributed by atoms with Crippen LogP contribution in [-0.4, -0.2) is 31.8 Å². The minimum Gasteiger partial charge on any atom is -0.329 e. The molecule has 1 heterocycles. The average molecular weight is 443 g/mol.